The molecule has 40 heavy (non-hydrogen) atoms. The molecule has 2 fully saturated rings. The number of rotatable bonds is 10. The minimum atomic E-state index is -1.36. The molecule has 2 aliphatic heterocycles. The van der Waals surface area contributed by atoms with Gasteiger partial charge in [0.05, 0.1) is 12.1 Å². The Morgan fingerprint density at radius 2 is 1.82 bits per heavy atom. The number of carbonyl (C=O) groups is 3. The molecule has 1 N–H and O–H groups in total. The Bertz CT molecular complexity index is 1330. The van der Waals surface area contributed by atoms with Crippen molar-refractivity contribution in [2.24, 2.45) is 11.8 Å². The van der Waals surface area contributed by atoms with Crippen molar-refractivity contribution in [3.63, 3.8) is 0 Å². The van der Waals surface area contributed by atoms with Crippen molar-refractivity contribution in [3.8, 4) is 0 Å². The Balaban J connectivity index is 1.65. The van der Waals surface area contributed by atoms with Gasteiger partial charge >= 0.3 is 5.97 Å². The second kappa shape index (κ2) is 11.1. The Hall–Kier alpha value is -2.39. The molecule has 0 aromatic heterocycles. The van der Waals surface area contributed by atoms with Gasteiger partial charge < -0.3 is 14.7 Å². The van der Waals surface area contributed by atoms with Gasteiger partial charge in [-0.15, -0.1) is 0 Å². The quantitative estimate of drug-likeness (QED) is 0.252. The van der Waals surface area contributed by atoms with Crippen LogP contribution in [0.2, 0.25) is 35.7 Å². The van der Waals surface area contributed by atoms with Crippen LogP contribution in [-0.4, -0.2) is 55.7 Å². The smallest absolute Gasteiger partial charge is 0.304 e. The minimum absolute atomic E-state index is 0.0463. The van der Waals surface area contributed by atoms with Crippen molar-refractivity contribution in [2.75, 3.05) is 24.8 Å². The molecule has 0 bridgehead atoms. The number of fused-ring (bicyclic) bond motifs is 2. The third kappa shape index (κ3) is 5.56. The molecular weight excluding hydrogens is 567 g/mol. The fourth-order valence-electron chi connectivity index (χ4n) is 6.15. The van der Waals surface area contributed by atoms with Crippen molar-refractivity contribution < 1.29 is 24.2 Å². The largest absolute Gasteiger partial charge is 0.481 e. The molecule has 1 unspecified atom stereocenters. The van der Waals surface area contributed by atoms with Gasteiger partial charge in [0.25, 0.3) is 5.91 Å². The van der Waals surface area contributed by atoms with Crippen LogP contribution in [0.5, 0.6) is 0 Å². The highest BCUT2D eigenvalue weighted by Crippen LogP contribution is 2.58. The zero-order chi connectivity index (χ0) is 28.8. The summed E-state index contributed by atoms with van der Waals surface area (Å²) in [6.07, 6.45) is 1.86. The van der Waals surface area contributed by atoms with Crippen LogP contribution in [0.1, 0.15) is 42.7 Å². The van der Waals surface area contributed by atoms with Crippen LogP contribution in [0, 0.1) is 11.8 Å². The fraction of sp³-hybridized carbons (Fsp3) is 0.500. The lowest BCUT2D eigenvalue weighted by Crippen LogP contribution is -2.64. The normalized spacial score (nSPS) is 24.6. The van der Waals surface area contributed by atoms with E-state index in [1.807, 2.05) is 24.3 Å². The molecule has 1 spiro atoms. The average Bonchev–Trinajstić information content (AvgIpc) is 3.66. The van der Waals surface area contributed by atoms with Gasteiger partial charge in [-0.3, -0.25) is 19.3 Å². The van der Waals surface area contributed by atoms with E-state index in [-0.39, 0.29) is 37.3 Å². The highest BCUT2D eigenvalue weighted by Gasteiger charge is 2.64. The summed E-state index contributed by atoms with van der Waals surface area (Å²) in [6.45, 7) is 7.79. The monoisotopic (exact) mass is 602 g/mol. The topological polar surface area (TPSA) is 87.1 Å². The molecule has 2 amide bonds. The first-order chi connectivity index (χ1) is 18.9. The fourth-order valence-corrected chi connectivity index (χ4v) is 7.28. The molecule has 2 aromatic rings. The van der Waals surface area contributed by atoms with Gasteiger partial charge in [-0.2, -0.15) is 0 Å². The van der Waals surface area contributed by atoms with Crippen molar-refractivity contribution in [1.82, 2.24) is 4.90 Å². The number of hydrogen-bond acceptors (Lipinski definition) is 4. The molecule has 7 nitrogen and oxygen atoms in total. The molecule has 3 atom stereocenters. The summed E-state index contributed by atoms with van der Waals surface area (Å²) in [7, 11) is -1.35. The maximum atomic E-state index is 14.9. The first-order valence-corrected chi connectivity index (χ1v) is 18.4. The second-order valence-electron chi connectivity index (χ2n) is 12.5. The molecule has 5 rings (SSSR count). The minimum Gasteiger partial charge on any atom is -0.481 e. The van der Waals surface area contributed by atoms with E-state index in [1.54, 1.807) is 28.0 Å². The van der Waals surface area contributed by atoms with Crippen LogP contribution in [0.4, 0.5) is 5.69 Å². The van der Waals surface area contributed by atoms with E-state index in [2.05, 4.69) is 19.6 Å². The number of nitrogens with zero attached hydrogens (tertiary/aromatic N) is 2. The third-order valence-corrected chi connectivity index (χ3v) is 10.5. The SMILES string of the molecule is C[Si](C)(C)CCOCN1C(=O)C2(c3ccc(Cl)cc31)[C@H](c1cccc(Cl)c1)C[C@@H](CC(=O)O)C(=O)N2CC1CC1. The molecule has 1 saturated carbocycles. The van der Waals surface area contributed by atoms with Crippen molar-refractivity contribution in [3.05, 3.63) is 63.6 Å². The van der Waals surface area contributed by atoms with E-state index in [0.717, 1.165) is 24.4 Å². The van der Waals surface area contributed by atoms with Crippen molar-refractivity contribution >= 4 is 54.7 Å². The van der Waals surface area contributed by atoms with Gasteiger partial charge in [0.1, 0.15) is 6.73 Å². The van der Waals surface area contributed by atoms with Crippen molar-refractivity contribution in [1.29, 1.82) is 0 Å². The second-order valence-corrected chi connectivity index (χ2v) is 19.0. The first kappa shape index (κ1) is 29.1. The molecule has 3 aliphatic rings. The molecule has 214 valence electrons. The number of anilines is 1. The van der Waals surface area contributed by atoms with Crippen molar-refractivity contribution in [2.45, 2.75) is 62.8 Å². The van der Waals surface area contributed by atoms with Gasteiger partial charge in [0.15, 0.2) is 5.54 Å². The number of amides is 2. The number of carboxylic acids is 1. The van der Waals surface area contributed by atoms with Crippen LogP contribution in [0.15, 0.2) is 42.5 Å². The first-order valence-electron chi connectivity index (χ1n) is 13.9. The van der Waals surface area contributed by atoms with E-state index in [0.29, 0.717) is 34.4 Å². The summed E-state index contributed by atoms with van der Waals surface area (Å²) >= 11 is 12.9. The number of ether oxygens (including phenoxy) is 1. The molecule has 2 heterocycles. The summed E-state index contributed by atoms with van der Waals surface area (Å²) < 4.78 is 6.08. The van der Waals surface area contributed by atoms with Crippen LogP contribution in [-0.2, 0) is 24.7 Å². The zero-order valence-electron chi connectivity index (χ0n) is 23.2. The molecule has 10 heteroatoms. The van der Waals surface area contributed by atoms with Gasteiger partial charge in [0.2, 0.25) is 5.91 Å². The van der Waals surface area contributed by atoms with Crippen LogP contribution in [0.3, 0.4) is 0 Å². The van der Waals surface area contributed by atoms with Gasteiger partial charge in [-0.05, 0) is 61.1 Å². The summed E-state index contributed by atoms with van der Waals surface area (Å²) in [6, 6.07) is 13.7. The van der Waals surface area contributed by atoms with E-state index in [9.17, 15) is 19.5 Å². The number of hydrogen-bond donors (Lipinski definition) is 1. The number of carboxylic acid groups (broad SMARTS) is 1. The van der Waals surface area contributed by atoms with Gasteiger partial charge in [-0.1, -0.05) is 61.0 Å². The standard InChI is InChI=1S/C30H36Cl2N2O5Si/c1-40(2,3)12-11-39-18-33-26-16-23(32)9-10-24(26)30(29(33)38)25(20-5-4-6-22(31)13-20)14-21(15-27(35)36)28(37)34(30)17-19-7-8-19/h4-6,9-10,13,16,19,21,25H,7-8,11-12,14-15,17-18H2,1-3H3,(H,35,36)/t21-,25-,30?/m0/s1. The number of benzene rings is 2. The average molecular weight is 604 g/mol. The van der Waals surface area contributed by atoms with Gasteiger partial charge in [0, 0.05) is 48.7 Å². The summed E-state index contributed by atoms with van der Waals surface area (Å²) in [5.74, 6) is -2.56. The van der Waals surface area contributed by atoms with Crippen LogP contribution >= 0.6 is 23.2 Å². The third-order valence-electron chi connectivity index (χ3n) is 8.32. The lowest BCUT2D eigenvalue weighted by molar-refractivity contribution is -0.161. The Morgan fingerprint density at radius 1 is 1.10 bits per heavy atom. The Labute approximate surface area is 246 Å². The molecule has 1 saturated heterocycles. The summed E-state index contributed by atoms with van der Waals surface area (Å²) in [5, 5.41) is 10.7. The van der Waals surface area contributed by atoms with E-state index in [1.165, 1.54) is 0 Å². The van der Waals surface area contributed by atoms with Crippen LogP contribution in [0.25, 0.3) is 0 Å². The maximum Gasteiger partial charge on any atom is 0.304 e. The number of likely N-dealkylation sites (tertiary alicyclic amines) is 1. The van der Waals surface area contributed by atoms with E-state index >= 15 is 0 Å². The van der Waals surface area contributed by atoms with E-state index < -0.39 is 31.4 Å². The predicted molar refractivity (Wildman–Crippen MR) is 159 cm³/mol. The predicted octanol–water partition coefficient (Wildman–Crippen LogP) is 6.36. The Morgan fingerprint density at radius 3 is 2.48 bits per heavy atom. The number of piperidine rings is 1. The zero-order valence-corrected chi connectivity index (χ0v) is 25.7. The number of aliphatic carboxylic acids is 1. The highest BCUT2D eigenvalue weighted by atomic mass is 35.5. The van der Waals surface area contributed by atoms with Crippen LogP contribution < -0.4 is 4.90 Å². The maximum absolute atomic E-state index is 14.9. The number of halogens is 2. The van der Waals surface area contributed by atoms with E-state index in [4.69, 9.17) is 27.9 Å². The Kier molecular flexibility index (Phi) is 8.09. The molecule has 1 aliphatic carbocycles. The lowest BCUT2D eigenvalue weighted by atomic mass is 9.66. The summed E-state index contributed by atoms with van der Waals surface area (Å²) in [5.41, 5.74) is 0.764. The highest BCUT2D eigenvalue weighted by molar-refractivity contribution is 6.76. The lowest BCUT2D eigenvalue weighted by Gasteiger charge is -2.51. The number of carbonyl (C=O) groups excluding carboxylic acids is 2. The molecule has 2 aromatic carbocycles. The summed E-state index contributed by atoms with van der Waals surface area (Å²) in [4.78, 5) is 44.2. The molecule has 0 radical (unpaired) electrons. The molecular formula is C30H36Cl2N2O5Si. The van der Waals surface area contributed by atoms with Gasteiger partial charge in [-0.25, -0.2) is 0 Å².